The van der Waals surface area contributed by atoms with Crippen LogP contribution in [-0.4, -0.2) is 36.2 Å². The van der Waals surface area contributed by atoms with E-state index in [0.717, 1.165) is 5.82 Å². The van der Waals surface area contributed by atoms with E-state index in [1.807, 2.05) is 17.8 Å². The van der Waals surface area contributed by atoms with Crippen LogP contribution in [0, 0.1) is 0 Å². The monoisotopic (exact) mass is 321 g/mol. The highest BCUT2D eigenvalue weighted by Crippen LogP contribution is 2.16. The van der Waals surface area contributed by atoms with Crippen molar-refractivity contribution in [3.63, 3.8) is 0 Å². The Labute approximate surface area is 130 Å². The van der Waals surface area contributed by atoms with E-state index in [2.05, 4.69) is 10.3 Å². The van der Waals surface area contributed by atoms with Crippen molar-refractivity contribution in [1.82, 2.24) is 14.9 Å². The molecule has 0 saturated carbocycles. The molecule has 0 aliphatic rings. The molecular formula is C15H19N3O3S. The first-order chi connectivity index (χ1) is 10.5. The number of imidazole rings is 1. The molecule has 22 heavy (non-hydrogen) atoms. The second-order valence-electron chi connectivity index (χ2n) is 4.86. The Morgan fingerprint density at radius 3 is 2.68 bits per heavy atom. The average Bonchev–Trinajstić information content (AvgIpc) is 2.92. The SMILES string of the molecule is CCS(=O)(=O)c1ccccc1C(=O)NCCc1nccn1C. The summed E-state index contributed by atoms with van der Waals surface area (Å²) in [4.78, 5) is 16.5. The highest BCUT2D eigenvalue weighted by Gasteiger charge is 2.20. The first-order valence-electron chi connectivity index (χ1n) is 7.02. The van der Waals surface area contributed by atoms with Crippen molar-refractivity contribution < 1.29 is 13.2 Å². The highest BCUT2D eigenvalue weighted by molar-refractivity contribution is 7.91. The van der Waals surface area contributed by atoms with Gasteiger partial charge in [0, 0.05) is 32.4 Å². The maximum Gasteiger partial charge on any atom is 0.252 e. The minimum absolute atomic E-state index is 0.0371. The third-order valence-electron chi connectivity index (χ3n) is 3.40. The fourth-order valence-corrected chi connectivity index (χ4v) is 3.19. The van der Waals surface area contributed by atoms with Crippen LogP contribution in [0.4, 0.5) is 0 Å². The highest BCUT2D eigenvalue weighted by atomic mass is 32.2. The number of sulfone groups is 1. The van der Waals surface area contributed by atoms with Crippen molar-refractivity contribution in [3.05, 3.63) is 48.0 Å². The Balaban J connectivity index is 2.09. The van der Waals surface area contributed by atoms with Crippen LogP contribution in [0.25, 0.3) is 0 Å². The Bertz CT molecular complexity index is 766. The Hall–Kier alpha value is -2.15. The van der Waals surface area contributed by atoms with Gasteiger partial charge < -0.3 is 9.88 Å². The molecule has 1 amide bonds. The number of aryl methyl sites for hydroxylation is 1. The fraction of sp³-hybridized carbons (Fsp3) is 0.333. The number of aromatic nitrogens is 2. The molecule has 0 aliphatic carbocycles. The third-order valence-corrected chi connectivity index (χ3v) is 5.19. The lowest BCUT2D eigenvalue weighted by Gasteiger charge is -2.10. The average molecular weight is 321 g/mol. The van der Waals surface area contributed by atoms with Gasteiger partial charge in [0.2, 0.25) is 0 Å². The number of hydrogen-bond donors (Lipinski definition) is 1. The summed E-state index contributed by atoms with van der Waals surface area (Å²) in [5, 5.41) is 2.74. The van der Waals surface area contributed by atoms with E-state index >= 15 is 0 Å². The van der Waals surface area contributed by atoms with Gasteiger partial charge in [-0.15, -0.1) is 0 Å². The molecule has 0 atom stereocenters. The van der Waals surface area contributed by atoms with Crippen molar-refractivity contribution in [3.8, 4) is 0 Å². The second-order valence-corrected chi connectivity index (χ2v) is 7.11. The summed E-state index contributed by atoms with van der Waals surface area (Å²) >= 11 is 0. The van der Waals surface area contributed by atoms with Gasteiger partial charge in [0.05, 0.1) is 16.2 Å². The van der Waals surface area contributed by atoms with E-state index in [1.165, 1.54) is 12.1 Å². The molecule has 0 spiro atoms. The van der Waals surface area contributed by atoms with Crippen LogP contribution in [0.5, 0.6) is 0 Å². The van der Waals surface area contributed by atoms with Crippen molar-refractivity contribution in [2.24, 2.45) is 7.05 Å². The van der Waals surface area contributed by atoms with Crippen LogP contribution in [0.1, 0.15) is 23.1 Å². The maximum atomic E-state index is 12.2. The largest absolute Gasteiger partial charge is 0.352 e. The molecular weight excluding hydrogens is 302 g/mol. The lowest BCUT2D eigenvalue weighted by Crippen LogP contribution is -2.28. The molecule has 0 saturated heterocycles. The summed E-state index contributed by atoms with van der Waals surface area (Å²) in [6, 6.07) is 6.26. The number of rotatable bonds is 6. The number of carbonyl (C=O) groups excluding carboxylic acids is 1. The normalized spacial score (nSPS) is 11.4. The fourth-order valence-electron chi connectivity index (χ4n) is 2.10. The van der Waals surface area contributed by atoms with Crippen LogP contribution >= 0.6 is 0 Å². The van der Waals surface area contributed by atoms with Gasteiger partial charge in [0.1, 0.15) is 5.82 Å². The molecule has 1 aromatic carbocycles. The molecule has 0 aliphatic heterocycles. The van der Waals surface area contributed by atoms with E-state index in [4.69, 9.17) is 0 Å². The van der Waals surface area contributed by atoms with Crippen molar-refractivity contribution in [1.29, 1.82) is 0 Å². The molecule has 1 aromatic heterocycles. The van der Waals surface area contributed by atoms with E-state index in [0.29, 0.717) is 13.0 Å². The molecule has 118 valence electrons. The van der Waals surface area contributed by atoms with Gasteiger partial charge in [0.25, 0.3) is 5.91 Å². The standard InChI is InChI=1S/C15H19N3O3S/c1-3-22(20,21)13-7-5-4-6-12(13)15(19)17-9-8-14-16-10-11-18(14)2/h4-7,10-11H,3,8-9H2,1-2H3,(H,17,19). The van der Waals surface area contributed by atoms with Crippen molar-refractivity contribution in [2.45, 2.75) is 18.2 Å². The van der Waals surface area contributed by atoms with E-state index in [-0.39, 0.29) is 22.1 Å². The first kappa shape index (κ1) is 16.2. The summed E-state index contributed by atoms with van der Waals surface area (Å²) in [6.45, 7) is 1.95. The summed E-state index contributed by atoms with van der Waals surface area (Å²) in [5.74, 6) is 0.432. The molecule has 0 bridgehead atoms. The number of amides is 1. The van der Waals surface area contributed by atoms with Gasteiger partial charge >= 0.3 is 0 Å². The zero-order valence-electron chi connectivity index (χ0n) is 12.6. The van der Waals surface area contributed by atoms with Gasteiger partial charge in [-0.05, 0) is 12.1 Å². The topological polar surface area (TPSA) is 81.1 Å². The maximum absolute atomic E-state index is 12.2. The number of nitrogens with zero attached hydrogens (tertiary/aromatic N) is 2. The van der Waals surface area contributed by atoms with Gasteiger partial charge in [-0.2, -0.15) is 0 Å². The molecule has 0 radical (unpaired) electrons. The van der Waals surface area contributed by atoms with Crippen molar-refractivity contribution >= 4 is 15.7 Å². The Kier molecular flexibility index (Phi) is 4.97. The third kappa shape index (κ3) is 3.54. The van der Waals surface area contributed by atoms with E-state index in [1.54, 1.807) is 25.3 Å². The van der Waals surface area contributed by atoms with Crippen LogP contribution in [0.15, 0.2) is 41.6 Å². The van der Waals surface area contributed by atoms with Crippen molar-refractivity contribution in [2.75, 3.05) is 12.3 Å². The van der Waals surface area contributed by atoms with Crippen LogP contribution in [-0.2, 0) is 23.3 Å². The summed E-state index contributed by atoms with van der Waals surface area (Å²) in [5.41, 5.74) is 0.184. The molecule has 1 heterocycles. The quantitative estimate of drug-likeness (QED) is 0.866. The van der Waals surface area contributed by atoms with Crippen LogP contribution < -0.4 is 5.32 Å². The summed E-state index contributed by atoms with van der Waals surface area (Å²) in [7, 11) is -1.54. The Morgan fingerprint density at radius 2 is 2.05 bits per heavy atom. The molecule has 0 fully saturated rings. The zero-order chi connectivity index (χ0) is 16.2. The minimum Gasteiger partial charge on any atom is -0.352 e. The molecule has 7 heteroatoms. The lowest BCUT2D eigenvalue weighted by molar-refractivity contribution is 0.0950. The number of carbonyl (C=O) groups is 1. The lowest BCUT2D eigenvalue weighted by atomic mass is 10.2. The van der Waals surface area contributed by atoms with Gasteiger partial charge in [-0.1, -0.05) is 19.1 Å². The first-order valence-corrected chi connectivity index (χ1v) is 8.67. The minimum atomic E-state index is -3.43. The number of nitrogens with one attached hydrogen (secondary N) is 1. The van der Waals surface area contributed by atoms with E-state index in [9.17, 15) is 13.2 Å². The second kappa shape index (κ2) is 6.74. The van der Waals surface area contributed by atoms with E-state index < -0.39 is 9.84 Å². The van der Waals surface area contributed by atoms with Crippen LogP contribution in [0.3, 0.4) is 0 Å². The van der Waals surface area contributed by atoms with Gasteiger partial charge in [0.15, 0.2) is 9.84 Å². The Morgan fingerprint density at radius 1 is 1.32 bits per heavy atom. The number of benzene rings is 1. The zero-order valence-corrected chi connectivity index (χ0v) is 13.4. The molecule has 2 rings (SSSR count). The molecule has 1 N–H and O–H groups in total. The summed E-state index contributed by atoms with van der Waals surface area (Å²) < 4.78 is 26.0. The predicted molar refractivity (Wildman–Crippen MR) is 83.4 cm³/mol. The van der Waals surface area contributed by atoms with Gasteiger partial charge in [-0.25, -0.2) is 13.4 Å². The molecule has 6 nitrogen and oxygen atoms in total. The van der Waals surface area contributed by atoms with Crippen LogP contribution in [0.2, 0.25) is 0 Å². The number of hydrogen-bond acceptors (Lipinski definition) is 4. The predicted octanol–water partition coefficient (Wildman–Crippen LogP) is 1.19. The summed E-state index contributed by atoms with van der Waals surface area (Å²) in [6.07, 6.45) is 4.11. The van der Waals surface area contributed by atoms with Gasteiger partial charge in [-0.3, -0.25) is 4.79 Å². The molecule has 2 aromatic rings. The smallest absolute Gasteiger partial charge is 0.252 e. The molecule has 0 unspecified atom stereocenters.